The first-order valence-electron chi connectivity index (χ1n) is 11.9. The van der Waals surface area contributed by atoms with Gasteiger partial charge in [0.2, 0.25) is 5.88 Å². The molecule has 1 N–H and O–H groups in total. The molecule has 6 heteroatoms. The van der Waals surface area contributed by atoms with Crippen molar-refractivity contribution in [3.05, 3.63) is 66.2 Å². The molecule has 0 bridgehead atoms. The van der Waals surface area contributed by atoms with E-state index < -0.39 is 6.10 Å². The Morgan fingerprint density at radius 3 is 2.18 bits per heavy atom. The Labute approximate surface area is 197 Å². The molecular formula is C27H37N3O3. The number of aromatic nitrogens is 1. The fourth-order valence-corrected chi connectivity index (χ4v) is 4.03. The monoisotopic (exact) mass is 451 g/mol. The Morgan fingerprint density at radius 1 is 0.939 bits per heavy atom. The Bertz CT molecular complexity index is 940. The van der Waals surface area contributed by atoms with Crippen LogP contribution in [0.15, 0.2) is 65.2 Å². The summed E-state index contributed by atoms with van der Waals surface area (Å²) in [5, 5.41) is 15.2. The molecule has 0 radical (unpaired) electrons. The van der Waals surface area contributed by atoms with Crippen molar-refractivity contribution in [2.24, 2.45) is 5.92 Å². The minimum Gasteiger partial charge on any atom is -0.491 e. The van der Waals surface area contributed by atoms with Gasteiger partial charge in [-0.25, -0.2) is 0 Å². The molecule has 0 saturated heterocycles. The van der Waals surface area contributed by atoms with E-state index in [9.17, 15) is 5.11 Å². The molecule has 0 aliphatic heterocycles. The van der Waals surface area contributed by atoms with E-state index in [1.165, 1.54) is 0 Å². The molecule has 1 atom stereocenters. The second-order valence-electron chi connectivity index (χ2n) is 8.72. The quantitative estimate of drug-likeness (QED) is 0.391. The summed E-state index contributed by atoms with van der Waals surface area (Å²) in [5.41, 5.74) is 2.95. The van der Waals surface area contributed by atoms with Gasteiger partial charge < -0.3 is 19.3 Å². The van der Waals surface area contributed by atoms with Crippen molar-refractivity contribution in [3.8, 4) is 17.0 Å². The predicted molar refractivity (Wildman–Crippen MR) is 134 cm³/mol. The molecule has 0 amide bonds. The van der Waals surface area contributed by atoms with Crippen LogP contribution in [0.3, 0.4) is 0 Å². The predicted octanol–water partition coefficient (Wildman–Crippen LogP) is 5.09. The normalized spacial score (nSPS) is 12.3. The Morgan fingerprint density at radius 2 is 1.58 bits per heavy atom. The molecule has 1 heterocycles. The summed E-state index contributed by atoms with van der Waals surface area (Å²) < 4.78 is 11.7. The molecule has 1 aromatic heterocycles. The van der Waals surface area contributed by atoms with Crippen LogP contribution in [0.4, 0.5) is 5.88 Å². The molecule has 0 spiro atoms. The molecule has 3 rings (SSSR count). The third-order valence-electron chi connectivity index (χ3n) is 5.52. The molecule has 33 heavy (non-hydrogen) atoms. The molecule has 1 unspecified atom stereocenters. The van der Waals surface area contributed by atoms with Crippen LogP contribution in [0.1, 0.15) is 33.3 Å². The molecule has 0 fully saturated rings. The largest absolute Gasteiger partial charge is 0.491 e. The number of benzene rings is 2. The van der Waals surface area contributed by atoms with E-state index in [4.69, 9.17) is 9.26 Å². The lowest BCUT2D eigenvalue weighted by atomic mass is 10.1. The van der Waals surface area contributed by atoms with Crippen LogP contribution in [0.2, 0.25) is 0 Å². The van der Waals surface area contributed by atoms with Gasteiger partial charge in [0.15, 0.2) is 0 Å². The number of para-hydroxylation sites is 1. The molecular weight excluding hydrogens is 414 g/mol. The Hall–Kier alpha value is -2.83. The van der Waals surface area contributed by atoms with Crippen LogP contribution >= 0.6 is 0 Å². The van der Waals surface area contributed by atoms with Crippen LogP contribution in [0.5, 0.6) is 5.75 Å². The average Bonchev–Trinajstić information content (AvgIpc) is 3.22. The first-order chi connectivity index (χ1) is 16.0. The molecule has 0 aliphatic carbocycles. The average molecular weight is 452 g/mol. The van der Waals surface area contributed by atoms with Gasteiger partial charge in [-0.15, -0.1) is 0 Å². The minimum atomic E-state index is -0.610. The van der Waals surface area contributed by atoms with Gasteiger partial charge >= 0.3 is 0 Å². The van der Waals surface area contributed by atoms with Crippen molar-refractivity contribution in [1.82, 2.24) is 10.1 Å². The number of hydrogen-bond acceptors (Lipinski definition) is 6. The highest BCUT2D eigenvalue weighted by atomic mass is 16.5. The second-order valence-corrected chi connectivity index (χ2v) is 8.72. The third-order valence-corrected chi connectivity index (χ3v) is 5.52. The first kappa shape index (κ1) is 24.8. The Kier molecular flexibility index (Phi) is 9.34. The highest BCUT2D eigenvalue weighted by molar-refractivity contribution is 5.68. The number of rotatable bonds is 13. The lowest BCUT2D eigenvalue weighted by molar-refractivity contribution is 0.0615. The van der Waals surface area contributed by atoms with E-state index in [2.05, 4.69) is 54.8 Å². The number of hydrogen-bond donors (Lipinski definition) is 1. The maximum Gasteiger partial charge on any atom is 0.232 e. The fourth-order valence-electron chi connectivity index (χ4n) is 4.03. The maximum atomic E-state index is 10.8. The van der Waals surface area contributed by atoms with Crippen molar-refractivity contribution in [3.63, 3.8) is 0 Å². The first-order valence-corrected chi connectivity index (χ1v) is 11.9. The number of ether oxygens (including phenoxy) is 1. The summed E-state index contributed by atoms with van der Waals surface area (Å²) in [6, 6.07) is 19.8. The van der Waals surface area contributed by atoms with Gasteiger partial charge in [-0.05, 0) is 31.9 Å². The van der Waals surface area contributed by atoms with Crippen LogP contribution in [-0.4, -0.2) is 54.1 Å². The lowest BCUT2D eigenvalue weighted by Crippen LogP contribution is -2.37. The van der Waals surface area contributed by atoms with Crippen molar-refractivity contribution in [1.29, 1.82) is 0 Å². The number of nitrogens with zero attached hydrogens (tertiary/aromatic N) is 3. The van der Waals surface area contributed by atoms with E-state index >= 15 is 0 Å². The summed E-state index contributed by atoms with van der Waals surface area (Å²) in [4.78, 5) is 4.47. The summed E-state index contributed by atoms with van der Waals surface area (Å²) in [6.45, 7) is 12.5. The Balaban J connectivity index is 1.81. The van der Waals surface area contributed by atoms with E-state index in [0.717, 1.165) is 48.1 Å². The SMILES string of the molecule is CCN(CC)c1onc(-c2ccccc2)c1CN(CC(C)C)CC(O)COc1ccccc1. The van der Waals surface area contributed by atoms with Gasteiger partial charge in [-0.1, -0.05) is 67.5 Å². The highest BCUT2D eigenvalue weighted by Gasteiger charge is 2.24. The van der Waals surface area contributed by atoms with E-state index in [1.807, 2.05) is 48.5 Å². The van der Waals surface area contributed by atoms with E-state index in [0.29, 0.717) is 19.0 Å². The molecule has 6 nitrogen and oxygen atoms in total. The summed E-state index contributed by atoms with van der Waals surface area (Å²) in [7, 11) is 0. The molecule has 0 saturated carbocycles. The van der Waals surface area contributed by atoms with Gasteiger partial charge in [-0.2, -0.15) is 0 Å². The third kappa shape index (κ3) is 7.07. The molecule has 178 valence electrons. The van der Waals surface area contributed by atoms with Crippen LogP contribution in [0, 0.1) is 5.92 Å². The van der Waals surface area contributed by atoms with Gasteiger partial charge in [0, 0.05) is 38.3 Å². The van der Waals surface area contributed by atoms with Crippen molar-refractivity contribution in [2.45, 2.75) is 40.3 Å². The van der Waals surface area contributed by atoms with Gasteiger partial charge in [0.05, 0.1) is 5.56 Å². The van der Waals surface area contributed by atoms with E-state index in [1.54, 1.807) is 0 Å². The molecule has 3 aromatic rings. The van der Waals surface area contributed by atoms with Crippen LogP contribution < -0.4 is 9.64 Å². The van der Waals surface area contributed by atoms with Crippen LogP contribution in [-0.2, 0) is 6.54 Å². The second kappa shape index (κ2) is 12.4. The number of anilines is 1. The number of aliphatic hydroxyl groups excluding tert-OH is 1. The van der Waals surface area contributed by atoms with Crippen molar-refractivity contribution < 1.29 is 14.4 Å². The minimum absolute atomic E-state index is 0.247. The highest BCUT2D eigenvalue weighted by Crippen LogP contribution is 2.32. The zero-order chi connectivity index (χ0) is 23.6. The molecule has 2 aromatic carbocycles. The zero-order valence-corrected chi connectivity index (χ0v) is 20.3. The van der Waals surface area contributed by atoms with Gasteiger partial charge in [-0.3, -0.25) is 4.90 Å². The van der Waals surface area contributed by atoms with Gasteiger partial charge in [0.25, 0.3) is 0 Å². The smallest absolute Gasteiger partial charge is 0.232 e. The van der Waals surface area contributed by atoms with Crippen molar-refractivity contribution >= 4 is 5.88 Å². The standard InChI is InChI=1S/C27H37N3O3/c1-5-30(6-2)27-25(26(28-33-27)22-13-9-7-10-14-22)19-29(17-21(3)4)18-23(31)20-32-24-15-11-8-12-16-24/h7-16,21,23,31H,5-6,17-20H2,1-4H3. The fraction of sp³-hybridized carbons (Fsp3) is 0.444. The molecule has 0 aliphatic rings. The lowest BCUT2D eigenvalue weighted by Gasteiger charge is -2.28. The number of aliphatic hydroxyl groups is 1. The van der Waals surface area contributed by atoms with Crippen molar-refractivity contribution in [2.75, 3.05) is 37.7 Å². The van der Waals surface area contributed by atoms with E-state index in [-0.39, 0.29) is 6.61 Å². The maximum absolute atomic E-state index is 10.8. The topological polar surface area (TPSA) is 62.0 Å². The zero-order valence-electron chi connectivity index (χ0n) is 20.3. The summed E-state index contributed by atoms with van der Waals surface area (Å²) >= 11 is 0. The summed E-state index contributed by atoms with van der Waals surface area (Å²) in [6.07, 6.45) is -0.610. The summed E-state index contributed by atoms with van der Waals surface area (Å²) in [5.74, 6) is 2.02. The van der Waals surface area contributed by atoms with Gasteiger partial charge in [0.1, 0.15) is 24.2 Å². The van der Waals surface area contributed by atoms with Crippen LogP contribution in [0.25, 0.3) is 11.3 Å².